The third-order valence-corrected chi connectivity index (χ3v) is 5.68. The Morgan fingerprint density at radius 1 is 0.686 bits per heavy atom. The molecule has 3 aromatic carbocycles. The van der Waals surface area contributed by atoms with Crippen molar-refractivity contribution in [2.24, 2.45) is 0 Å². The molecule has 0 aromatic heterocycles. The molecule has 0 amide bonds. The number of aliphatic carboxylic acids is 1. The Labute approximate surface area is 204 Å². The highest BCUT2D eigenvalue weighted by molar-refractivity contribution is 5.76. The number of aliphatic hydroxyl groups excluding tert-OH is 2. The molecule has 3 N–H and O–H groups in total. The van der Waals surface area contributed by atoms with Crippen molar-refractivity contribution in [3.05, 3.63) is 107 Å². The molecule has 0 radical (unpaired) electrons. The molecule has 7 heteroatoms. The Morgan fingerprint density at radius 2 is 1.20 bits per heavy atom. The van der Waals surface area contributed by atoms with Crippen molar-refractivity contribution >= 4 is 11.9 Å². The van der Waals surface area contributed by atoms with Gasteiger partial charge in [0, 0.05) is 6.42 Å². The maximum Gasteiger partial charge on any atom is 0.306 e. The van der Waals surface area contributed by atoms with Gasteiger partial charge in [-0.15, -0.1) is 0 Å². The van der Waals surface area contributed by atoms with Gasteiger partial charge in [-0.25, -0.2) is 0 Å². The number of benzene rings is 3. The lowest BCUT2D eigenvalue weighted by Gasteiger charge is -2.36. The van der Waals surface area contributed by atoms with Gasteiger partial charge in [0.15, 0.2) is 0 Å². The third-order valence-electron chi connectivity index (χ3n) is 5.68. The topological polar surface area (TPSA) is 113 Å². The minimum atomic E-state index is -1.04. The van der Waals surface area contributed by atoms with Gasteiger partial charge in [0.25, 0.3) is 0 Å². The van der Waals surface area contributed by atoms with Gasteiger partial charge in [-0.2, -0.15) is 0 Å². The van der Waals surface area contributed by atoms with E-state index >= 15 is 0 Å². The number of rotatable bonds is 13. The van der Waals surface area contributed by atoms with Crippen LogP contribution in [-0.4, -0.2) is 40.5 Å². The molecule has 0 saturated carbocycles. The minimum absolute atomic E-state index is 0.0715. The van der Waals surface area contributed by atoms with Gasteiger partial charge in [0.2, 0.25) is 0 Å². The lowest BCUT2D eigenvalue weighted by Crippen LogP contribution is -2.33. The lowest BCUT2D eigenvalue weighted by molar-refractivity contribution is -0.148. The average Bonchev–Trinajstić information content (AvgIpc) is 2.90. The van der Waals surface area contributed by atoms with E-state index in [0.29, 0.717) is 6.42 Å². The molecule has 7 nitrogen and oxygen atoms in total. The van der Waals surface area contributed by atoms with Gasteiger partial charge >= 0.3 is 11.9 Å². The molecular formula is C28H30O7. The number of carboxylic acids is 1. The largest absolute Gasteiger partial charge is 0.481 e. The van der Waals surface area contributed by atoms with Crippen LogP contribution in [0.4, 0.5) is 0 Å². The van der Waals surface area contributed by atoms with Crippen LogP contribution in [0.1, 0.15) is 47.1 Å². The number of carbonyl (C=O) groups is 2. The monoisotopic (exact) mass is 478 g/mol. The molecule has 0 aliphatic rings. The van der Waals surface area contributed by atoms with Crippen molar-refractivity contribution in [2.45, 2.75) is 38.1 Å². The van der Waals surface area contributed by atoms with Crippen LogP contribution >= 0.6 is 0 Å². The highest BCUT2D eigenvalue weighted by Gasteiger charge is 2.37. The molecule has 0 saturated heterocycles. The Kier molecular flexibility index (Phi) is 9.55. The molecule has 184 valence electrons. The summed E-state index contributed by atoms with van der Waals surface area (Å²) in [5, 5.41) is 27.7. The summed E-state index contributed by atoms with van der Waals surface area (Å²) in [6.07, 6.45) is -0.0183. The smallest absolute Gasteiger partial charge is 0.306 e. The van der Waals surface area contributed by atoms with E-state index in [9.17, 15) is 19.8 Å². The fraction of sp³-hybridized carbons (Fsp3) is 0.286. The number of carbonyl (C=O) groups excluding carboxylic acids is 1. The van der Waals surface area contributed by atoms with Crippen LogP contribution in [0.15, 0.2) is 78.9 Å². The fourth-order valence-electron chi connectivity index (χ4n) is 3.86. The molecular weight excluding hydrogens is 448 g/mol. The van der Waals surface area contributed by atoms with Crippen LogP contribution in [0.25, 0.3) is 0 Å². The van der Waals surface area contributed by atoms with E-state index in [0.717, 1.165) is 27.8 Å². The summed E-state index contributed by atoms with van der Waals surface area (Å²) in [4.78, 5) is 22.3. The van der Waals surface area contributed by atoms with Crippen LogP contribution in [0.2, 0.25) is 0 Å². The summed E-state index contributed by atoms with van der Waals surface area (Å²) in [6, 6.07) is 24.8. The Morgan fingerprint density at radius 3 is 1.69 bits per heavy atom. The second kappa shape index (κ2) is 12.8. The normalized spacial score (nSPS) is 11.3. The first kappa shape index (κ1) is 26.1. The molecule has 0 heterocycles. The van der Waals surface area contributed by atoms with Gasteiger partial charge in [0.1, 0.15) is 5.60 Å². The van der Waals surface area contributed by atoms with Crippen LogP contribution in [0.3, 0.4) is 0 Å². The summed E-state index contributed by atoms with van der Waals surface area (Å²) >= 11 is 0. The minimum Gasteiger partial charge on any atom is -0.481 e. The number of ether oxygens (including phenoxy) is 2. The molecule has 0 atom stereocenters. The zero-order valence-electron chi connectivity index (χ0n) is 19.4. The van der Waals surface area contributed by atoms with Crippen LogP contribution < -0.4 is 0 Å². The van der Waals surface area contributed by atoms with Gasteiger partial charge in [-0.1, -0.05) is 78.9 Å². The van der Waals surface area contributed by atoms with Crippen molar-refractivity contribution in [1.29, 1.82) is 0 Å². The number of esters is 1. The van der Waals surface area contributed by atoms with E-state index in [2.05, 4.69) is 0 Å². The molecule has 0 spiro atoms. The molecule has 0 fully saturated rings. The molecule has 3 rings (SSSR count). The van der Waals surface area contributed by atoms with Crippen molar-refractivity contribution in [1.82, 2.24) is 0 Å². The third kappa shape index (κ3) is 6.76. The Bertz CT molecular complexity index is 1030. The van der Waals surface area contributed by atoms with E-state index in [-0.39, 0.29) is 39.3 Å². The van der Waals surface area contributed by atoms with Crippen LogP contribution in [0, 0.1) is 0 Å². The van der Waals surface area contributed by atoms with Crippen LogP contribution in [0.5, 0.6) is 0 Å². The maximum atomic E-state index is 11.7. The van der Waals surface area contributed by atoms with Gasteiger partial charge in [0.05, 0.1) is 39.3 Å². The second-order valence-electron chi connectivity index (χ2n) is 8.07. The van der Waals surface area contributed by atoms with E-state index in [1.54, 1.807) is 0 Å². The molecule has 35 heavy (non-hydrogen) atoms. The lowest BCUT2D eigenvalue weighted by atomic mass is 9.79. The highest BCUT2D eigenvalue weighted by Crippen LogP contribution is 2.41. The highest BCUT2D eigenvalue weighted by atomic mass is 16.5. The first-order chi connectivity index (χ1) is 17.0. The average molecular weight is 479 g/mol. The quantitative estimate of drug-likeness (QED) is 0.195. The number of aliphatic hydroxyl groups is 2. The molecule has 0 unspecified atom stereocenters. The predicted octanol–water partition coefficient (Wildman–Crippen LogP) is 3.78. The molecule has 3 aromatic rings. The van der Waals surface area contributed by atoms with Gasteiger partial charge in [-0.3, -0.25) is 9.59 Å². The molecule has 0 bridgehead atoms. The van der Waals surface area contributed by atoms with Crippen molar-refractivity contribution in [3.8, 4) is 0 Å². The SMILES string of the molecule is O=C(O)CCC(=O)OCCCOC(c1ccccc1)(c1ccc(CO)cc1)c1ccc(CO)cc1. The number of hydrogen-bond acceptors (Lipinski definition) is 6. The molecule has 0 aliphatic carbocycles. The van der Waals surface area contributed by atoms with E-state index in [4.69, 9.17) is 14.6 Å². The summed E-state index contributed by atoms with van der Waals surface area (Å²) in [5.41, 5.74) is 3.18. The number of carboxylic acid groups (broad SMARTS) is 1. The van der Waals surface area contributed by atoms with Crippen LogP contribution in [-0.2, 0) is 37.9 Å². The van der Waals surface area contributed by atoms with Crippen molar-refractivity contribution < 1.29 is 34.4 Å². The standard InChI is InChI=1S/C28H30O7/c29-19-21-7-11-24(12-8-21)28(23-5-2-1-3-6-23,25-13-9-22(20-30)10-14-25)35-18-4-17-34-27(33)16-15-26(31)32/h1-3,5-14,29-30H,4,15-20H2,(H,31,32). The van der Waals surface area contributed by atoms with E-state index in [1.165, 1.54) is 0 Å². The second-order valence-corrected chi connectivity index (χ2v) is 8.07. The van der Waals surface area contributed by atoms with Crippen molar-refractivity contribution in [3.63, 3.8) is 0 Å². The van der Waals surface area contributed by atoms with Gasteiger partial charge < -0.3 is 24.8 Å². The Balaban J connectivity index is 1.90. The first-order valence-corrected chi connectivity index (χ1v) is 11.5. The van der Waals surface area contributed by atoms with E-state index < -0.39 is 17.5 Å². The summed E-state index contributed by atoms with van der Waals surface area (Å²) < 4.78 is 11.8. The summed E-state index contributed by atoms with van der Waals surface area (Å²) in [7, 11) is 0. The van der Waals surface area contributed by atoms with Crippen molar-refractivity contribution in [2.75, 3.05) is 13.2 Å². The first-order valence-electron chi connectivity index (χ1n) is 11.5. The fourth-order valence-corrected chi connectivity index (χ4v) is 3.86. The predicted molar refractivity (Wildman–Crippen MR) is 129 cm³/mol. The number of hydrogen-bond donors (Lipinski definition) is 3. The van der Waals surface area contributed by atoms with E-state index in [1.807, 2.05) is 78.9 Å². The zero-order valence-corrected chi connectivity index (χ0v) is 19.4. The maximum absolute atomic E-state index is 11.7. The van der Waals surface area contributed by atoms with Gasteiger partial charge in [-0.05, 0) is 27.8 Å². The Hall–Kier alpha value is -3.52. The molecule has 0 aliphatic heterocycles. The summed E-state index contributed by atoms with van der Waals surface area (Å²) in [5.74, 6) is -1.60. The zero-order chi connectivity index (χ0) is 25.1. The summed E-state index contributed by atoms with van der Waals surface area (Å²) in [6.45, 7) is 0.219.